The van der Waals surface area contributed by atoms with Crippen LogP contribution in [-0.2, 0) is 20.8 Å². The number of ketones is 1. The van der Waals surface area contributed by atoms with E-state index in [0.29, 0.717) is 63.1 Å². The number of hydrogen-bond donors (Lipinski definition) is 1. The van der Waals surface area contributed by atoms with Gasteiger partial charge < -0.3 is 19.7 Å². The van der Waals surface area contributed by atoms with E-state index in [2.05, 4.69) is 5.32 Å². The van der Waals surface area contributed by atoms with Crippen LogP contribution in [0.1, 0.15) is 57.4 Å². The number of rotatable bonds is 9. The minimum Gasteiger partial charge on any atom is -0.493 e. The van der Waals surface area contributed by atoms with Crippen molar-refractivity contribution in [3.8, 4) is 11.5 Å². The summed E-state index contributed by atoms with van der Waals surface area (Å²) in [5.41, 5.74) is 0.583. The number of nitrogens with one attached hydrogen (secondary N) is 1. The van der Waals surface area contributed by atoms with Crippen molar-refractivity contribution in [1.29, 1.82) is 0 Å². The lowest BCUT2D eigenvalue weighted by atomic mass is 9.84. The van der Waals surface area contributed by atoms with E-state index < -0.39 is 5.54 Å². The van der Waals surface area contributed by atoms with E-state index in [1.807, 2.05) is 30.0 Å². The molecule has 0 aliphatic carbocycles. The van der Waals surface area contributed by atoms with E-state index in [0.717, 1.165) is 18.4 Å². The first-order chi connectivity index (χ1) is 14.9. The molecule has 0 aromatic heterocycles. The third-order valence-corrected chi connectivity index (χ3v) is 6.62. The average Bonchev–Trinajstić information content (AvgIpc) is 3.17. The van der Waals surface area contributed by atoms with Crippen LogP contribution in [0.3, 0.4) is 0 Å². The number of likely N-dealkylation sites (tertiary alicyclic amines) is 1. The maximum Gasteiger partial charge on any atom is 0.222 e. The Kier molecular flexibility index (Phi) is 7.57. The van der Waals surface area contributed by atoms with Crippen LogP contribution in [0.25, 0.3) is 0 Å². The summed E-state index contributed by atoms with van der Waals surface area (Å²) in [6.45, 7) is 3.12. The summed E-state index contributed by atoms with van der Waals surface area (Å²) in [6, 6.07) is 5.77. The number of benzene rings is 1. The lowest BCUT2D eigenvalue weighted by Crippen LogP contribution is -2.46. The molecule has 2 fully saturated rings. The van der Waals surface area contributed by atoms with Gasteiger partial charge in [0.1, 0.15) is 5.78 Å². The van der Waals surface area contributed by atoms with Gasteiger partial charge in [-0.2, -0.15) is 0 Å². The van der Waals surface area contributed by atoms with E-state index in [-0.39, 0.29) is 23.5 Å². The quantitative estimate of drug-likeness (QED) is 0.651. The van der Waals surface area contributed by atoms with Crippen LogP contribution in [0.5, 0.6) is 11.5 Å². The molecule has 3 rings (SSSR count). The number of Topliss-reactive ketones (excluding diaryl/α,β-unsaturated/α-hetero) is 1. The molecule has 0 radical (unpaired) electrons. The van der Waals surface area contributed by atoms with Crippen LogP contribution >= 0.6 is 0 Å². The molecule has 0 unspecified atom stereocenters. The second-order valence-corrected chi connectivity index (χ2v) is 8.69. The minimum absolute atomic E-state index is 0.0273. The first kappa shape index (κ1) is 23.1. The Balaban J connectivity index is 1.67. The van der Waals surface area contributed by atoms with Crippen molar-refractivity contribution < 1.29 is 23.9 Å². The van der Waals surface area contributed by atoms with Gasteiger partial charge in [0.15, 0.2) is 11.5 Å². The Bertz CT molecular complexity index is 824. The van der Waals surface area contributed by atoms with Crippen molar-refractivity contribution in [2.45, 2.75) is 63.8 Å². The van der Waals surface area contributed by atoms with Gasteiger partial charge >= 0.3 is 0 Å². The van der Waals surface area contributed by atoms with Crippen LogP contribution in [0.15, 0.2) is 18.2 Å². The molecule has 1 aromatic carbocycles. The Morgan fingerprint density at radius 2 is 2.00 bits per heavy atom. The highest BCUT2D eigenvalue weighted by molar-refractivity contribution is 5.83. The van der Waals surface area contributed by atoms with Crippen LogP contribution in [0, 0.1) is 5.92 Å². The van der Waals surface area contributed by atoms with Gasteiger partial charge in [-0.15, -0.1) is 0 Å². The molecule has 7 nitrogen and oxygen atoms in total. The fraction of sp³-hybridized carbons (Fsp3) is 0.625. The number of nitrogens with zero attached hydrogens (tertiary/aromatic N) is 1. The fourth-order valence-electron chi connectivity index (χ4n) is 4.82. The molecule has 2 saturated heterocycles. The van der Waals surface area contributed by atoms with E-state index >= 15 is 0 Å². The fourth-order valence-corrected chi connectivity index (χ4v) is 4.82. The zero-order valence-electron chi connectivity index (χ0n) is 18.9. The number of carbonyl (C=O) groups excluding carboxylic acids is 3. The molecule has 31 heavy (non-hydrogen) atoms. The first-order valence-corrected chi connectivity index (χ1v) is 11.2. The van der Waals surface area contributed by atoms with Crippen LogP contribution in [-0.4, -0.2) is 55.3 Å². The van der Waals surface area contributed by atoms with Crippen molar-refractivity contribution in [1.82, 2.24) is 10.2 Å². The lowest BCUT2D eigenvalue weighted by molar-refractivity contribution is -0.135. The van der Waals surface area contributed by atoms with Gasteiger partial charge in [-0.3, -0.25) is 14.4 Å². The van der Waals surface area contributed by atoms with Gasteiger partial charge in [-0.05, 0) is 49.8 Å². The van der Waals surface area contributed by atoms with Gasteiger partial charge in [0, 0.05) is 43.8 Å². The topological polar surface area (TPSA) is 84.9 Å². The number of piperidine rings is 1. The summed E-state index contributed by atoms with van der Waals surface area (Å²) in [5, 5.41) is 3.14. The largest absolute Gasteiger partial charge is 0.493 e. The molecule has 7 heteroatoms. The third kappa shape index (κ3) is 5.57. The normalized spacial score (nSPS) is 23.4. The summed E-state index contributed by atoms with van der Waals surface area (Å²) in [7, 11) is 3.20. The molecule has 0 saturated carbocycles. The van der Waals surface area contributed by atoms with Crippen LogP contribution in [0.2, 0.25) is 0 Å². The van der Waals surface area contributed by atoms with Crippen molar-refractivity contribution in [2.24, 2.45) is 5.92 Å². The predicted molar refractivity (Wildman–Crippen MR) is 117 cm³/mol. The smallest absolute Gasteiger partial charge is 0.222 e. The van der Waals surface area contributed by atoms with Crippen molar-refractivity contribution in [2.75, 3.05) is 27.3 Å². The van der Waals surface area contributed by atoms with Crippen molar-refractivity contribution >= 4 is 17.6 Å². The Morgan fingerprint density at radius 3 is 2.65 bits per heavy atom. The number of ether oxygens (including phenoxy) is 2. The molecule has 2 amide bonds. The molecule has 170 valence electrons. The second-order valence-electron chi connectivity index (χ2n) is 8.69. The summed E-state index contributed by atoms with van der Waals surface area (Å²) >= 11 is 0. The van der Waals surface area contributed by atoms with Gasteiger partial charge in [0.05, 0.1) is 14.2 Å². The van der Waals surface area contributed by atoms with Crippen molar-refractivity contribution in [3.05, 3.63) is 23.8 Å². The molecular weight excluding hydrogens is 396 g/mol. The summed E-state index contributed by atoms with van der Waals surface area (Å²) in [5.74, 6) is 1.61. The predicted octanol–water partition coefficient (Wildman–Crippen LogP) is 2.89. The monoisotopic (exact) mass is 430 g/mol. The van der Waals surface area contributed by atoms with Gasteiger partial charge in [-0.25, -0.2) is 0 Å². The average molecular weight is 431 g/mol. The SMILES string of the molecule is CCC(=O)[C@@H]1CCCN(C(=O)CC[C@@]2(Cc3ccc(OC)c(OC)c3)CCC(=O)N2)C1. The Labute approximate surface area is 184 Å². The minimum atomic E-state index is -0.444. The van der Waals surface area contributed by atoms with Gasteiger partial charge in [0.2, 0.25) is 11.8 Å². The van der Waals surface area contributed by atoms with E-state index in [1.165, 1.54) is 0 Å². The summed E-state index contributed by atoms with van der Waals surface area (Å²) in [4.78, 5) is 38.9. The third-order valence-electron chi connectivity index (χ3n) is 6.62. The maximum absolute atomic E-state index is 12.9. The van der Waals surface area contributed by atoms with Crippen molar-refractivity contribution in [3.63, 3.8) is 0 Å². The molecule has 2 aliphatic rings. The number of hydrogen-bond acceptors (Lipinski definition) is 5. The Hall–Kier alpha value is -2.57. The van der Waals surface area contributed by atoms with Gasteiger partial charge in [-0.1, -0.05) is 13.0 Å². The standard InChI is InChI=1S/C24H34N2O5/c1-4-19(27)18-6-5-13-26(16-18)23(29)10-12-24(11-9-22(28)25-24)15-17-7-8-20(30-2)21(14-17)31-3/h7-8,14,18H,4-6,9-13,15-16H2,1-3H3,(H,25,28)/t18-,24-/m1/s1. The second kappa shape index (κ2) is 10.2. The molecule has 2 aliphatic heterocycles. The highest BCUT2D eigenvalue weighted by atomic mass is 16.5. The number of methoxy groups -OCH3 is 2. The summed E-state index contributed by atoms with van der Waals surface area (Å²) in [6.07, 6.45) is 5.00. The molecular formula is C24H34N2O5. The molecule has 2 heterocycles. The molecule has 1 aromatic rings. The lowest BCUT2D eigenvalue weighted by Gasteiger charge is -2.34. The molecule has 0 bridgehead atoms. The maximum atomic E-state index is 12.9. The van der Waals surface area contributed by atoms with E-state index in [4.69, 9.17) is 9.47 Å². The molecule has 0 spiro atoms. The van der Waals surface area contributed by atoms with Crippen LogP contribution < -0.4 is 14.8 Å². The highest BCUT2D eigenvalue weighted by Crippen LogP contribution is 2.34. The first-order valence-electron chi connectivity index (χ1n) is 11.2. The van der Waals surface area contributed by atoms with Crippen LogP contribution in [0.4, 0.5) is 0 Å². The zero-order valence-corrected chi connectivity index (χ0v) is 18.9. The summed E-state index contributed by atoms with van der Waals surface area (Å²) < 4.78 is 10.7. The molecule has 1 N–H and O–H groups in total. The Morgan fingerprint density at radius 1 is 1.23 bits per heavy atom. The zero-order chi connectivity index (χ0) is 22.4. The highest BCUT2D eigenvalue weighted by Gasteiger charge is 2.39. The van der Waals surface area contributed by atoms with E-state index in [1.54, 1.807) is 14.2 Å². The number of amides is 2. The van der Waals surface area contributed by atoms with Gasteiger partial charge in [0.25, 0.3) is 0 Å². The molecule has 2 atom stereocenters. The van der Waals surface area contributed by atoms with E-state index in [9.17, 15) is 14.4 Å². The number of carbonyl (C=O) groups is 3.